The van der Waals surface area contributed by atoms with Crippen molar-refractivity contribution in [2.24, 2.45) is 0 Å². The van der Waals surface area contributed by atoms with E-state index in [0.717, 1.165) is 23.2 Å². The summed E-state index contributed by atoms with van der Waals surface area (Å²) >= 11 is 0. The molecule has 7 heteroatoms. The molecule has 6 nitrogen and oxygen atoms in total. The van der Waals surface area contributed by atoms with E-state index in [9.17, 15) is 5.26 Å². The second kappa shape index (κ2) is 10.3. The Morgan fingerprint density at radius 1 is 1.19 bits per heavy atom. The van der Waals surface area contributed by atoms with Crippen LogP contribution in [0, 0.1) is 11.3 Å². The summed E-state index contributed by atoms with van der Waals surface area (Å²) in [5.74, 6) is 0.741. The summed E-state index contributed by atoms with van der Waals surface area (Å²) in [5, 5.41) is 14.5. The maximum Gasteiger partial charge on any atom is 0.167 e. The second-order valence-electron chi connectivity index (χ2n) is 5.89. The van der Waals surface area contributed by atoms with Crippen LogP contribution in [0.15, 0.2) is 53.1 Å². The van der Waals surface area contributed by atoms with Crippen molar-refractivity contribution in [1.82, 2.24) is 10.1 Å². The van der Waals surface area contributed by atoms with Crippen molar-refractivity contribution >= 4 is 35.0 Å². The van der Waals surface area contributed by atoms with Crippen molar-refractivity contribution in [2.75, 3.05) is 27.2 Å². The largest absolute Gasteiger partial charge is 0.492 e. The molecular formula is C20H22ClN3O3. The lowest BCUT2D eigenvalue weighted by atomic mass is 10.1. The van der Waals surface area contributed by atoms with Crippen molar-refractivity contribution in [2.45, 2.75) is 0 Å². The number of benzene rings is 2. The van der Waals surface area contributed by atoms with Crippen LogP contribution in [0.4, 0.5) is 0 Å². The number of hydrogen-bond donors (Lipinski definition) is 0. The molecule has 1 aromatic heterocycles. The number of rotatable bonds is 6. The summed E-state index contributed by atoms with van der Waals surface area (Å²) in [6, 6.07) is 17.4. The van der Waals surface area contributed by atoms with Crippen LogP contribution in [-0.2, 0) is 0 Å². The van der Waals surface area contributed by atoms with Crippen LogP contribution in [0.5, 0.6) is 5.75 Å². The van der Waals surface area contributed by atoms with Gasteiger partial charge in [-0.15, -0.1) is 12.4 Å². The van der Waals surface area contributed by atoms with Gasteiger partial charge < -0.3 is 19.6 Å². The number of para-hydroxylation sites is 2. The minimum absolute atomic E-state index is 0. The van der Waals surface area contributed by atoms with Crippen LogP contribution in [0.3, 0.4) is 0 Å². The first kappa shape index (κ1) is 22.2. The Kier molecular flexibility index (Phi) is 8.49. The first-order valence-corrected chi connectivity index (χ1v) is 8.02. The molecular weight excluding hydrogens is 366 g/mol. The Hall–Kier alpha value is -2.85. The van der Waals surface area contributed by atoms with Gasteiger partial charge >= 0.3 is 0 Å². The van der Waals surface area contributed by atoms with Crippen molar-refractivity contribution in [3.05, 3.63) is 59.8 Å². The summed E-state index contributed by atoms with van der Waals surface area (Å²) < 4.78 is 11.2. The van der Waals surface area contributed by atoms with Crippen molar-refractivity contribution in [1.29, 1.82) is 5.26 Å². The number of nitriles is 1. The quantitative estimate of drug-likeness (QED) is 0.604. The lowest BCUT2D eigenvalue weighted by molar-refractivity contribution is 0.261. The van der Waals surface area contributed by atoms with Crippen LogP contribution in [0.2, 0.25) is 0 Å². The predicted molar refractivity (Wildman–Crippen MR) is 109 cm³/mol. The smallest absolute Gasteiger partial charge is 0.167 e. The van der Waals surface area contributed by atoms with Gasteiger partial charge in [-0.3, -0.25) is 0 Å². The summed E-state index contributed by atoms with van der Waals surface area (Å²) in [6.07, 6.45) is 1.79. The highest BCUT2D eigenvalue weighted by Crippen LogP contribution is 2.28. The molecule has 27 heavy (non-hydrogen) atoms. The monoisotopic (exact) mass is 387 g/mol. The molecule has 3 rings (SSSR count). The van der Waals surface area contributed by atoms with Gasteiger partial charge in [0.1, 0.15) is 24.1 Å². The lowest BCUT2D eigenvalue weighted by Gasteiger charge is -2.12. The molecule has 0 radical (unpaired) electrons. The Bertz CT molecular complexity index is 945. The first-order valence-electron chi connectivity index (χ1n) is 8.02. The average molecular weight is 388 g/mol. The highest BCUT2D eigenvalue weighted by molar-refractivity contribution is 5.99. The summed E-state index contributed by atoms with van der Waals surface area (Å²) in [7, 11) is 4.00. The minimum Gasteiger partial charge on any atom is -0.492 e. The van der Waals surface area contributed by atoms with E-state index in [1.54, 1.807) is 6.08 Å². The third kappa shape index (κ3) is 5.31. The molecule has 0 saturated heterocycles. The molecule has 0 fully saturated rings. The Morgan fingerprint density at radius 2 is 1.89 bits per heavy atom. The molecule has 1 heterocycles. The zero-order valence-electron chi connectivity index (χ0n) is 15.2. The highest BCUT2D eigenvalue weighted by Gasteiger charge is 2.13. The zero-order chi connectivity index (χ0) is 17.6. The molecule has 0 aliphatic heterocycles. The number of likely N-dealkylation sites (N-methyl/N-ethyl adjacent to an activating group) is 1. The SMILES string of the molecule is CN(C)CCOc1ccccc1/C=C(\C#N)c1noc2ccccc12.Cl.O. The molecule has 0 bridgehead atoms. The van der Waals surface area contributed by atoms with E-state index in [4.69, 9.17) is 9.26 Å². The van der Waals surface area contributed by atoms with E-state index in [-0.39, 0.29) is 17.9 Å². The molecule has 0 atom stereocenters. The maximum atomic E-state index is 9.61. The van der Waals surface area contributed by atoms with Gasteiger partial charge in [-0.05, 0) is 38.4 Å². The van der Waals surface area contributed by atoms with Gasteiger partial charge in [0.2, 0.25) is 0 Å². The molecule has 3 aromatic rings. The lowest BCUT2D eigenvalue weighted by Crippen LogP contribution is -2.19. The highest BCUT2D eigenvalue weighted by atomic mass is 35.5. The van der Waals surface area contributed by atoms with E-state index < -0.39 is 0 Å². The van der Waals surface area contributed by atoms with Gasteiger partial charge in [-0.25, -0.2) is 0 Å². The van der Waals surface area contributed by atoms with E-state index in [1.165, 1.54) is 0 Å². The number of allylic oxidation sites excluding steroid dienone is 1. The molecule has 142 valence electrons. The van der Waals surface area contributed by atoms with Gasteiger partial charge in [0.15, 0.2) is 5.58 Å². The van der Waals surface area contributed by atoms with Crippen LogP contribution in [-0.4, -0.2) is 42.8 Å². The molecule has 0 spiro atoms. The van der Waals surface area contributed by atoms with Gasteiger partial charge in [-0.2, -0.15) is 5.26 Å². The van der Waals surface area contributed by atoms with Gasteiger partial charge in [-0.1, -0.05) is 35.5 Å². The fourth-order valence-corrected chi connectivity index (χ4v) is 2.46. The van der Waals surface area contributed by atoms with E-state index in [0.29, 0.717) is 23.5 Å². The Labute approximate surface area is 164 Å². The molecule has 0 amide bonds. The van der Waals surface area contributed by atoms with E-state index in [2.05, 4.69) is 16.1 Å². The van der Waals surface area contributed by atoms with E-state index >= 15 is 0 Å². The fourth-order valence-electron chi connectivity index (χ4n) is 2.46. The minimum atomic E-state index is 0. The topological polar surface area (TPSA) is 93.8 Å². The summed E-state index contributed by atoms with van der Waals surface area (Å²) in [5.41, 5.74) is 2.48. The molecule has 0 saturated carbocycles. The van der Waals surface area contributed by atoms with Crippen molar-refractivity contribution < 1.29 is 14.7 Å². The number of hydrogen-bond acceptors (Lipinski definition) is 5. The Balaban J connectivity index is 0.00000182. The van der Waals surface area contributed by atoms with E-state index in [1.807, 2.05) is 62.6 Å². The van der Waals surface area contributed by atoms with Crippen LogP contribution >= 0.6 is 12.4 Å². The van der Waals surface area contributed by atoms with Gasteiger partial charge in [0.25, 0.3) is 0 Å². The number of aromatic nitrogens is 1. The number of ether oxygens (including phenoxy) is 1. The third-order valence-corrected chi connectivity index (χ3v) is 3.77. The standard InChI is InChI=1S/C20H19N3O2.ClH.H2O/c1-23(2)11-12-24-18-9-5-3-7-15(18)13-16(14-21)20-17-8-4-6-10-19(17)25-22-20;;/h3-10,13H,11-12H2,1-2H3;1H;1H2/b16-13+;;. The number of nitrogens with zero attached hydrogens (tertiary/aromatic N) is 3. The summed E-state index contributed by atoms with van der Waals surface area (Å²) in [4.78, 5) is 2.06. The number of fused-ring (bicyclic) bond motifs is 1. The van der Waals surface area contributed by atoms with Gasteiger partial charge in [0.05, 0.1) is 11.0 Å². The predicted octanol–water partition coefficient (Wildman–Crippen LogP) is 3.43. The summed E-state index contributed by atoms with van der Waals surface area (Å²) in [6.45, 7) is 1.39. The second-order valence-corrected chi connectivity index (χ2v) is 5.89. The Morgan fingerprint density at radius 3 is 2.63 bits per heavy atom. The first-order chi connectivity index (χ1) is 12.2. The fraction of sp³-hybridized carbons (Fsp3) is 0.200. The third-order valence-electron chi connectivity index (χ3n) is 3.77. The van der Waals surface area contributed by atoms with Crippen LogP contribution in [0.25, 0.3) is 22.6 Å². The molecule has 0 aliphatic rings. The molecule has 2 N–H and O–H groups in total. The molecule has 0 unspecified atom stereocenters. The maximum absolute atomic E-state index is 9.61. The molecule has 0 aliphatic carbocycles. The van der Waals surface area contributed by atoms with Crippen LogP contribution < -0.4 is 4.74 Å². The number of halogens is 1. The zero-order valence-corrected chi connectivity index (χ0v) is 16.0. The van der Waals surface area contributed by atoms with Crippen LogP contribution in [0.1, 0.15) is 11.3 Å². The van der Waals surface area contributed by atoms with Crippen molar-refractivity contribution in [3.8, 4) is 11.8 Å². The molecule has 2 aromatic carbocycles. The van der Waals surface area contributed by atoms with Gasteiger partial charge in [0, 0.05) is 12.1 Å². The normalized spacial score (nSPS) is 10.8. The average Bonchev–Trinajstić information content (AvgIpc) is 3.04. The van der Waals surface area contributed by atoms with Crippen molar-refractivity contribution in [3.63, 3.8) is 0 Å².